The largest absolute Gasteiger partial charge is 0.277 e. The number of fused-ring (bicyclic) bond motifs is 2. The van der Waals surface area contributed by atoms with Gasteiger partial charge in [0.15, 0.2) is 5.82 Å². The van der Waals surface area contributed by atoms with Gasteiger partial charge in [-0.05, 0) is 84.9 Å². The normalized spacial score (nSPS) is 12.7. The molecule has 186 valence electrons. The smallest absolute Gasteiger partial charge is 0.255 e. The van der Waals surface area contributed by atoms with Crippen LogP contribution in [0.4, 0.5) is 8.78 Å². The van der Waals surface area contributed by atoms with E-state index in [9.17, 15) is 4.79 Å². The number of unbranched alkanes of at least 4 members (excludes halogenated alkanes) is 1. The number of rotatable bonds is 8. The topological polar surface area (TPSA) is 52.7 Å². The van der Waals surface area contributed by atoms with E-state index in [0.717, 1.165) is 34.3 Å². The lowest BCUT2D eigenvalue weighted by Gasteiger charge is -2.14. The molecule has 4 heterocycles. The number of hydrogen-bond acceptors (Lipinski definition) is 5. The van der Waals surface area contributed by atoms with Crippen LogP contribution in [0.5, 0.6) is 0 Å². The van der Waals surface area contributed by atoms with Crippen molar-refractivity contribution in [2.45, 2.75) is 30.6 Å². The van der Waals surface area contributed by atoms with Crippen LogP contribution in [0, 0.1) is 11.6 Å². The molecule has 0 radical (unpaired) electrons. The van der Waals surface area contributed by atoms with Gasteiger partial charge in [-0.2, -0.15) is 9.47 Å². The van der Waals surface area contributed by atoms with Gasteiger partial charge in [-0.15, -0.1) is 11.8 Å². The summed E-state index contributed by atoms with van der Waals surface area (Å²) in [7, 11) is 0. The number of halogens is 2. The lowest BCUT2D eigenvalue weighted by molar-refractivity contribution is 0.0976. The van der Waals surface area contributed by atoms with Crippen molar-refractivity contribution in [2.75, 3.05) is 6.26 Å². The highest BCUT2D eigenvalue weighted by Crippen LogP contribution is 2.35. The van der Waals surface area contributed by atoms with Gasteiger partial charge in [0.05, 0.1) is 22.8 Å². The number of allylic oxidation sites excluding steroid dienone is 1. The van der Waals surface area contributed by atoms with E-state index in [1.165, 1.54) is 33.9 Å². The van der Waals surface area contributed by atoms with Crippen LogP contribution in [0.3, 0.4) is 0 Å². The van der Waals surface area contributed by atoms with Crippen LogP contribution in [-0.2, 0) is 12.8 Å². The Balaban J connectivity index is 1.16. The maximum Gasteiger partial charge on any atom is 0.255 e. The average Bonchev–Trinajstić information content (AvgIpc) is 3.67. The van der Waals surface area contributed by atoms with Crippen molar-refractivity contribution >= 4 is 45.5 Å². The highest BCUT2D eigenvalue weighted by atomic mass is 32.2. The molecule has 3 aromatic heterocycles. The van der Waals surface area contributed by atoms with E-state index in [1.807, 2.05) is 24.5 Å². The summed E-state index contributed by atoms with van der Waals surface area (Å²) in [6.07, 6.45) is 11.3. The van der Waals surface area contributed by atoms with Crippen molar-refractivity contribution in [3.8, 4) is 16.9 Å². The fourth-order valence-corrected chi connectivity index (χ4v) is 6.21. The standard InChI is InChI=1S/C28H22F2N4OS2/c1-36-28-18(9-12-20(27(28)30)21-13-10-19-11-14-25(35)33(19)21)6-3-2-5-17-7-4-8-22(26(17)29)34-23-15-32-37-24(23)16-31-34/h4,7-16H,2-3,5-6H2,1H3. The molecular weight excluding hydrogens is 510 g/mol. The molecule has 0 saturated carbocycles. The Labute approximate surface area is 220 Å². The number of aromatic nitrogens is 4. The molecule has 0 saturated heterocycles. The first-order valence-electron chi connectivity index (χ1n) is 11.9. The zero-order chi connectivity index (χ0) is 25.5. The second-order valence-corrected chi connectivity index (χ2v) is 10.5. The van der Waals surface area contributed by atoms with Gasteiger partial charge in [0.25, 0.3) is 5.91 Å². The molecule has 6 rings (SSSR count). The number of nitrogens with zero attached hydrogens (tertiary/aromatic N) is 4. The van der Waals surface area contributed by atoms with Crippen LogP contribution in [0.2, 0.25) is 0 Å². The lowest BCUT2D eigenvalue weighted by atomic mass is 10.0. The molecular formula is C28H22F2N4OS2. The Hall–Kier alpha value is -3.56. The monoisotopic (exact) mass is 532 g/mol. The number of aryl methyl sites for hydroxylation is 2. The van der Waals surface area contributed by atoms with E-state index < -0.39 is 0 Å². The minimum absolute atomic E-state index is 0.163. The molecule has 9 heteroatoms. The van der Waals surface area contributed by atoms with Gasteiger partial charge in [-0.3, -0.25) is 9.36 Å². The van der Waals surface area contributed by atoms with Crippen LogP contribution < -0.4 is 0 Å². The zero-order valence-electron chi connectivity index (χ0n) is 19.9. The van der Waals surface area contributed by atoms with Crippen molar-refractivity contribution in [2.24, 2.45) is 0 Å². The Morgan fingerprint density at radius 1 is 0.946 bits per heavy atom. The summed E-state index contributed by atoms with van der Waals surface area (Å²) in [5, 5.41) is 4.33. The van der Waals surface area contributed by atoms with Crippen molar-refractivity contribution in [3.63, 3.8) is 0 Å². The third-order valence-corrected chi connectivity index (χ3v) is 8.28. The predicted octanol–water partition coefficient (Wildman–Crippen LogP) is 7.18. The van der Waals surface area contributed by atoms with Crippen LogP contribution >= 0.6 is 23.3 Å². The third kappa shape index (κ3) is 4.12. The SMILES string of the molecule is CSc1c(CCCCc2cccc(-n3ncc4sncc43)c2F)ccc(-c2ccc3n2C(=O)C=C3)c1F. The molecule has 0 amide bonds. The highest BCUT2D eigenvalue weighted by Gasteiger charge is 2.22. The van der Waals surface area contributed by atoms with Gasteiger partial charge in [0.2, 0.25) is 0 Å². The molecule has 5 aromatic rings. The van der Waals surface area contributed by atoms with E-state index in [-0.39, 0.29) is 17.5 Å². The molecule has 37 heavy (non-hydrogen) atoms. The first-order chi connectivity index (χ1) is 18.1. The van der Waals surface area contributed by atoms with Gasteiger partial charge in [-0.25, -0.2) is 13.5 Å². The molecule has 0 fully saturated rings. The molecule has 5 nitrogen and oxygen atoms in total. The minimum atomic E-state index is -0.308. The van der Waals surface area contributed by atoms with Crippen LogP contribution in [0.1, 0.15) is 34.5 Å². The quantitative estimate of drug-likeness (QED) is 0.157. The number of benzene rings is 2. The number of carbonyl (C=O) groups is 1. The Bertz CT molecular complexity index is 1680. The van der Waals surface area contributed by atoms with Gasteiger partial charge in [-0.1, -0.05) is 18.2 Å². The van der Waals surface area contributed by atoms with E-state index in [2.05, 4.69) is 9.47 Å². The Morgan fingerprint density at radius 3 is 2.62 bits per heavy atom. The third-order valence-electron chi connectivity index (χ3n) is 6.71. The van der Waals surface area contributed by atoms with Crippen molar-refractivity contribution in [1.29, 1.82) is 0 Å². The summed E-state index contributed by atoms with van der Waals surface area (Å²) in [6.45, 7) is 0. The lowest BCUT2D eigenvalue weighted by Crippen LogP contribution is -2.07. The summed E-state index contributed by atoms with van der Waals surface area (Å²) < 4.78 is 39.1. The summed E-state index contributed by atoms with van der Waals surface area (Å²) in [4.78, 5) is 12.8. The van der Waals surface area contributed by atoms with Crippen molar-refractivity contribution in [3.05, 3.63) is 89.4 Å². The molecule has 1 aliphatic heterocycles. The van der Waals surface area contributed by atoms with Crippen LogP contribution in [0.15, 0.2) is 65.8 Å². The molecule has 0 unspecified atom stereocenters. The van der Waals surface area contributed by atoms with Gasteiger partial charge in [0.1, 0.15) is 17.0 Å². The Morgan fingerprint density at radius 2 is 1.78 bits per heavy atom. The molecule has 2 aromatic carbocycles. The second-order valence-electron chi connectivity index (χ2n) is 8.86. The van der Waals surface area contributed by atoms with Gasteiger partial charge in [0, 0.05) is 22.2 Å². The zero-order valence-corrected chi connectivity index (χ0v) is 21.6. The molecule has 0 spiro atoms. The average molecular weight is 533 g/mol. The summed E-state index contributed by atoms with van der Waals surface area (Å²) in [5.41, 5.74) is 4.51. The van der Waals surface area contributed by atoms with Crippen LogP contribution in [0.25, 0.3) is 33.2 Å². The predicted molar refractivity (Wildman–Crippen MR) is 145 cm³/mol. The number of carbonyl (C=O) groups excluding carboxylic acids is 1. The van der Waals surface area contributed by atoms with E-state index >= 15 is 8.78 Å². The molecule has 0 N–H and O–H groups in total. The minimum Gasteiger partial charge on any atom is -0.277 e. The summed E-state index contributed by atoms with van der Waals surface area (Å²) in [6, 6.07) is 12.7. The summed E-state index contributed by atoms with van der Waals surface area (Å²) in [5.74, 6) is -0.745. The fraction of sp³-hybridized carbons (Fsp3) is 0.179. The number of thioether (sulfide) groups is 1. The maximum absolute atomic E-state index is 15.6. The highest BCUT2D eigenvalue weighted by molar-refractivity contribution is 7.98. The van der Waals surface area contributed by atoms with Gasteiger partial charge < -0.3 is 0 Å². The van der Waals surface area contributed by atoms with E-state index in [4.69, 9.17) is 0 Å². The molecule has 0 bridgehead atoms. The van der Waals surface area contributed by atoms with Gasteiger partial charge >= 0.3 is 0 Å². The van der Waals surface area contributed by atoms with E-state index in [0.29, 0.717) is 40.2 Å². The van der Waals surface area contributed by atoms with Crippen molar-refractivity contribution < 1.29 is 13.6 Å². The first kappa shape index (κ1) is 23.8. The molecule has 0 aliphatic carbocycles. The van der Waals surface area contributed by atoms with E-state index in [1.54, 1.807) is 47.4 Å². The first-order valence-corrected chi connectivity index (χ1v) is 13.9. The number of hydrogen-bond donors (Lipinski definition) is 0. The molecule has 1 aliphatic rings. The van der Waals surface area contributed by atoms with Crippen molar-refractivity contribution in [1.82, 2.24) is 18.7 Å². The Kier molecular flexibility index (Phi) is 6.26. The van der Waals surface area contributed by atoms with Crippen LogP contribution in [-0.4, -0.2) is 30.9 Å². The molecule has 0 atom stereocenters. The fourth-order valence-electron chi connectivity index (χ4n) is 4.89. The maximum atomic E-state index is 15.6. The second kappa shape index (κ2) is 9.72. The summed E-state index contributed by atoms with van der Waals surface area (Å²) >= 11 is 2.70.